The molecule has 1 heterocycles. The van der Waals surface area contributed by atoms with Crippen molar-refractivity contribution >= 4 is 10.0 Å². The zero-order chi connectivity index (χ0) is 9.03. The topological polar surface area (TPSA) is 58.2 Å². The summed E-state index contributed by atoms with van der Waals surface area (Å²) < 4.78 is 23.9. The molecule has 0 amide bonds. The molecule has 1 rings (SSSR count). The van der Waals surface area contributed by atoms with Crippen LogP contribution in [0.15, 0.2) is 11.6 Å². The molecule has 0 aromatic heterocycles. The maximum atomic E-state index is 10.7. The van der Waals surface area contributed by atoms with Crippen molar-refractivity contribution in [3.8, 4) is 0 Å². The lowest BCUT2D eigenvalue weighted by molar-refractivity contribution is 0.588. The van der Waals surface area contributed by atoms with E-state index in [1.807, 2.05) is 6.08 Å². The van der Waals surface area contributed by atoms with Crippen molar-refractivity contribution in [3.05, 3.63) is 11.6 Å². The highest BCUT2D eigenvalue weighted by Crippen LogP contribution is 2.02. The molecule has 0 saturated carbocycles. The summed E-state index contributed by atoms with van der Waals surface area (Å²) in [6, 6.07) is 0. The minimum absolute atomic E-state index is 0.459. The van der Waals surface area contributed by atoms with E-state index in [1.165, 1.54) is 11.8 Å². The lowest BCUT2D eigenvalue weighted by Crippen LogP contribution is -2.28. The van der Waals surface area contributed by atoms with E-state index in [2.05, 4.69) is 10.0 Å². The Morgan fingerprint density at radius 3 is 2.92 bits per heavy atom. The molecule has 1 aliphatic heterocycles. The smallest absolute Gasteiger partial charge is 0.208 e. The van der Waals surface area contributed by atoms with Crippen molar-refractivity contribution in [2.75, 3.05) is 25.9 Å². The first-order chi connectivity index (χ1) is 5.58. The van der Waals surface area contributed by atoms with Crippen molar-refractivity contribution in [2.45, 2.75) is 6.42 Å². The van der Waals surface area contributed by atoms with Gasteiger partial charge in [-0.25, -0.2) is 13.1 Å². The fraction of sp³-hybridized carbons (Fsp3) is 0.714. The first-order valence-electron chi connectivity index (χ1n) is 3.91. The minimum Gasteiger partial charge on any atom is -0.313 e. The van der Waals surface area contributed by atoms with Crippen LogP contribution in [0.2, 0.25) is 0 Å². The van der Waals surface area contributed by atoms with Gasteiger partial charge in [0.25, 0.3) is 0 Å². The molecule has 0 radical (unpaired) electrons. The van der Waals surface area contributed by atoms with Gasteiger partial charge in [-0.15, -0.1) is 0 Å². The SMILES string of the molecule is CS(=O)(=O)NCC1=CCNCC1. The number of hydrogen-bond donors (Lipinski definition) is 2. The van der Waals surface area contributed by atoms with Gasteiger partial charge in [0.15, 0.2) is 0 Å². The summed E-state index contributed by atoms with van der Waals surface area (Å²) in [5, 5.41) is 3.16. The van der Waals surface area contributed by atoms with E-state index >= 15 is 0 Å². The highest BCUT2D eigenvalue weighted by atomic mass is 32.2. The van der Waals surface area contributed by atoms with E-state index in [-0.39, 0.29) is 0 Å². The fourth-order valence-electron chi connectivity index (χ4n) is 1.05. The molecule has 12 heavy (non-hydrogen) atoms. The monoisotopic (exact) mass is 190 g/mol. The van der Waals surface area contributed by atoms with E-state index in [0.717, 1.165) is 19.5 Å². The van der Waals surface area contributed by atoms with Crippen LogP contribution in [-0.2, 0) is 10.0 Å². The second-order valence-electron chi connectivity index (χ2n) is 2.91. The lowest BCUT2D eigenvalue weighted by atomic mass is 10.1. The van der Waals surface area contributed by atoms with Crippen molar-refractivity contribution < 1.29 is 8.42 Å². The van der Waals surface area contributed by atoms with Gasteiger partial charge >= 0.3 is 0 Å². The first-order valence-corrected chi connectivity index (χ1v) is 5.80. The molecule has 1 aliphatic rings. The summed E-state index contributed by atoms with van der Waals surface area (Å²) in [5.74, 6) is 0. The van der Waals surface area contributed by atoms with Gasteiger partial charge in [-0.05, 0) is 13.0 Å². The van der Waals surface area contributed by atoms with Crippen LogP contribution >= 0.6 is 0 Å². The van der Waals surface area contributed by atoms with Gasteiger partial charge in [-0.3, -0.25) is 0 Å². The van der Waals surface area contributed by atoms with Crippen molar-refractivity contribution in [2.24, 2.45) is 0 Å². The van der Waals surface area contributed by atoms with Crippen LogP contribution in [0.3, 0.4) is 0 Å². The third-order valence-corrected chi connectivity index (χ3v) is 2.39. The zero-order valence-corrected chi connectivity index (χ0v) is 7.95. The van der Waals surface area contributed by atoms with E-state index in [9.17, 15) is 8.42 Å². The second kappa shape index (κ2) is 4.02. The molecule has 0 fully saturated rings. The van der Waals surface area contributed by atoms with E-state index in [1.54, 1.807) is 0 Å². The van der Waals surface area contributed by atoms with Crippen LogP contribution in [0, 0.1) is 0 Å². The number of nitrogens with one attached hydrogen (secondary N) is 2. The molecule has 0 bridgehead atoms. The Morgan fingerprint density at radius 1 is 1.67 bits per heavy atom. The molecule has 0 atom stereocenters. The number of sulfonamides is 1. The van der Waals surface area contributed by atoms with Gasteiger partial charge in [0.2, 0.25) is 10.0 Å². The molecule has 0 unspecified atom stereocenters. The third kappa shape index (κ3) is 3.85. The molecule has 0 saturated heterocycles. The average Bonchev–Trinajstić information content (AvgIpc) is 2.02. The summed E-state index contributed by atoms with van der Waals surface area (Å²) in [6.45, 7) is 2.25. The van der Waals surface area contributed by atoms with Crippen LogP contribution in [0.25, 0.3) is 0 Å². The summed E-state index contributed by atoms with van der Waals surface area (Å²) in [6.07, 6.45) is 4.14. The van der Waals surface area contributed by atoms with Crippen molar-refractivity contribution in [1.82, 2.24) is 10.0 Å². The summed E-state index contributed by atoms with van der Waals surface area (Å²) in [4.78, 5) is 0. The van der Waals surface area contributed by atoms with Gasteiger partial charge < -0.3 is 5.32 Å². The van der Waals surface area contributed by atoms with Crippen molar-refractivity contribution in [1.29, 1.82) is 0 Å². The molecule has 70 valence electrons. The summed E-state index contributed by atoms with van der Waals surface area (Å²) in [7, 11) is -3.03. The van der Waals surface area contributed by atoms with E-state index in [0.29, 0.717) is 6.54 Å². The average molecular weight is 190 g/mol. The Balaban J connectivity index is 2.36. The van der Waals surface area contributed by atoms with E-state index < -0.39 is 10.0 Å². The molecular formula is C7H14N2O2S. The molecule has 0 spiro atoms. The zero-order valence-electron chi connectivity index (χ0n) is 7.13. The molecule has 4 nitrogen and oxygen atoms in total. The van der Waals surface area contributed by atoms with Gasteiger partial charge in [0, 0.05) is 13.1 Å². The lowest BCUT2D eigenvalue weighted by Gasteiger charge is -2.13. The standard InChI is InChI=1S/C7H14N2O2S/c1-12(10,11)9-6-7-2-4-8-5-3-7/h2,8-9H,3-6H2,1H3. The van der Waals surface area contributed by atoms with Crippen LogP contribution in [-0.4, -0.2) is 34.3 Å². The first kappa shape index (κ1) is 9.70. The Labute approximate surface area is 73.1 Å². The maximum absolute atomic E-state index is 10.7. The van der Waals surface area contributed by atoms with Crippen molar-refractivity contribution in [3.63, 3.8) is 0 Å². The van der Waals surface area contributed by atoms with Gasteiger partial charge in [-0.2, -0.15) is 0 Å². The minimum atomic E-state index is -3.03. The largest absolute Gasteiger partial charge is 0.313 e. The van der Waals surface area contributed by atoms with Gasteiger partial charge in [-0.1, -0.05) is 11.6 Å². The Bertz CT molecular complexity index is 269. The fourth-order valence-corrected chi connectivity index (χ4v) is 1.50. The van der Waals surface area contributed by atoms with Crippen LogP contribution in [0.5, 0.6) is 0 Å². The van der Waals surface area contributed by atoms with Gasteiger partial charge in [0.05, 0.1) is 6.26 Å². The third-order valence-electron chi connectivity index (χ3n) is 1.72. The molecule has 2 N–H and O–H groups in total. The predicted octanol–water partition coefficient (Wildman–Crippen LogP) is -0.545. The Hall–Kier alpha value is -0.390. The Morgan fingerprint density at radius 2 is 2.42 bits per heavy atom. The summed E-state index contributed by atoms with van der Waals surface area (Å²) in [5.41, 5.74) is 1.17. The predicted molar refractivity (Wildman–Crippen MR) is 48.4 cm³/mol. The normalized spacial score (nSPS) is 18.9. The molecule has 5 heteroatoms. The number of hydrogen-bond acceptors (Lipinski definition) is 3. The van der Waals surface area contributed by atoms with Crippen LogP contribution < -0.4 is 10.0 Å². The summed E-state index contributed by atoms with van der Waals surface area (Å²) >= 11 is 0. The molecule has 0 aliphatic carbocycles. The maximum Gasteiger partial charge on any atom is 0.208 e. The van der Waals surface area contributed by atoms with Crippen LogP contribution in [0.1, 0.15) is 6.42 Å². The highest BCUT2D eigenvalue weighted by molar-refractivity contribution is 7.88. The molecule has 0 aromatic rings. The quantitative estimate of drug-likeness (QED) is 0.587. The number of rotatable bonds is 3. The van der Waals surface area contributed by atoms with E-state index in [4.69, 9.17) is 0 Å². The van der Waals surface area contributed by atoms with Gasteiger partial charge in [0.1, 0.15) is 0 Å². The molecular weight excluding hydrogens is 176 g/mol. The Kier molecular flexibility index (Phi) is 3.25. The van der Waals surface area contributed by atoms with Crippen LogP contribution in [0.4, 0.5) is 0 Å². The molecule has 0 aromatic carbocycles. The highest BCUT2D eigenvalue weighted by Gasteiger charge is 2.05. The second-order valence-corrected chi connectivity index (χ2v) is 4.74.